The molecule has 0 spiro atoms. The minimum atomic E-state index is -6.32. The molecule has 0 aliphatic heterocycles. The molecule has 0 saturated heterocycles. The molecule has 15 heteroatoms. The van der Waals surface area contributed by atoms with Gasteiger partial charge in [0.15, 0.2) is 0 Å². The van der Waals surface area contributed by atoms with Crippen LogP contribution in [0.15, 0.2) is 11.7 Å². The normalized spacial score (nSPS) is 16.0. The lowest BCUT2D eigenvalue weighted by Gasteiger charge is -2.21. The monoisotopic (exact) mass is 348 g/mol. The highest BCUT2D eigenvalue weighted by Gasteiger charge is 2.55. The molecule has 0 aromatic carbocycles. The van der Waals surface area contributed by atoms with Crippen LogP contribution >= 0.6 is 0 Å². The van der Waals surface area contributed by atoms with Gasteiger partial charge >= 0.3 is 24.9 Å². The summed E-state index contributed by atoms with van der Waals surface area (Å²) in [4.78, 5) is 3.88. The van der Waals surface area contributed by atoms with Gasteiger partial charge in [0.2, 0.25) is 11.7 Å². The number of allylic oxidation sites excluding steroid dienone is 1. The standard InChI is InChI=1S/C6F12O3/c7-1(3(9,10)11)2(8)4(12,13)19-6(17,18)21-20-5(14,15)16/b2-1+. The molecule has 0 aromatic heterocycles. The predicted molar refractivity (Wildman–Crippen MR) is 34.5 cm³/mol. The Morgan fingerprint density at radius 2 is 1.05 bits per heavy atom. The van der Waals surface area contributed by atoms with Crippen molar-refractivity contribution in [3.63, 3.8) is 0 Å². The van der Waals surface area contributed by atoms with Crippen molar-refractivity contribution < 1.29 is 67.2 Å². The van der Waals surface area contributed by atoms with Crippen molar-refractivity contribution in [3.8, 4) is 0 Å². The second-order valence-electron chi connectivity index (χ2n) is 2.82. The number of hydrogen-bond acceptors (Lipinski definition) is 3. The molecule has 21 heavy (non-hydrogen) atoms. The Morgan fingerprint density at radius 3 is 1.38 bits per heavy atom. The number of alkyl halides is 10. The van der Waals surface area contributed by atoms with E-state index in [1.54, 1.807) is 0 Å². The fourth-order valence-electron chi connectivity index (χ4n) is 0.559. The quantitative estimate of drug-likeness (QED) is 0.320. The van der Waals surface area contributed by atoms with Crippen molar-refractivity contribution in [3.05, 3.63) is 11.7 Å². The van der Waals surface area contributed by atoms with E-state index in [1.807, 2.05) is 14.5 Å². The van der Waals surface area contributed by atoms with Crippen LogP contribution in [0, 0.1) is 0 Å². The number of rotatable bonds is 5. The molecule has 0 aliphatic carbocycles. The minimum Gasteiger partial charge on any atom is -0.222 e. The predicted octanol–water partition coefficient (Wildman–Crippen LogP) is 4.33. The molecule has 0 atom stereocenters. The van der Waals surface area contributed by atoms with E-state index in [0.717, 1.165) is 0 Å². The van der Waals surface area contributed by atoms with Gasteiger partial charge in [0.05, 0.1) is 0 Å². The fourth-order valence-corrected chi connectivity index (χ4v) is 0.559. The summed E-state index contributed by atoms with van der Waals surface area (Å²) in [5, 5.41) is 0. The minimum absolute atomic E-state index is 1.88. The molecule has 0 heterocycles. The van der Waals surface area contributed by atoms with E-state index in [2.05, 4.69) is 0 Å². The highest BCUT2D eigenvalue weighted by Crippen LogP contribution is 2.40. The Balaban J connectivity index is 5.11. The van der Waals surface area contributed by atoms with Crippen LogP contribution in [0.3, 0.4) is 0 Å². The average Bonchev–Trinajstić information content (AvgIpc) is 2.21. The smallest absolute Gasteiger partial charge is 0.222 e. The number of halogens is 12. The molecule has 0 bridgehead atoms. The first-order valence-electron chi connectivity index (χ1n) is 4.00. The Kier molecular flexibility index (Phi) is 5.54. The molecule has 3 nitrogen and oxygen atoms in total. The maximum Gasteiger partial charge on any atom is 0.549 e. The summed E-state index contributed by atoms with van der Waals surface area (Å²) in [6.45, 7) is 0. The lowest BCUT2D eigenvalue weighted by atomic mass is 10.4. The van der Waals surface area contributed by atoms with Gasteiger partial charge in [-0.25, -0.2) is 4.74 Å². The zero-order valence-electron chi connectivity index (χ0n) is 8.76. The van der Waals surface area contributed by atoms with Crippen molar-refractivity contribution in [2.75, 3.05) is 0 Å². The molecule has 0 unspecified atom stereocenters. The van der Waals surface area contributed by atoms with Crippen LogP contribution < -0.4 is 0 Å². The summed E-state index contributed by atoms with van der Waals surface area (Å²) in [5.41, 5.74) is 0. The largest absolute Gasteiger partial charge is 0.549 e. The van der Waals surface area contributed by atoms with E-state index in [1.165, 1.54) is 0 Å². The highest BCUT2D eigenvalue weighted by molar-refractivity contribution is 5.10. The third-order valence-corrected chi connectivity index (χ3v) is 1.18. The summed E-state index contributed by atoms with van der Waals surface area (Å²) >= 11 is 0. The van der Waals surface area contributed by atoms with E-state index in [0.29, 0.717) is 0 Å². The van der Waals surface area contributed by atoms with Gasteiger partial charge in [-0.2, -0.15) is 30.7 Å². The molecule has 0 amide bonds. The van der Waals surface area contributed by atoms with Gasteiger partial charge in [-0.1, -0.05) is 0 Å². The first-order chi connectivity index (χ1) is 8.98. The fraction of sp³-hybridized carbons (Fsp3) is 0.667. The van der Waals surface area contributed by atoms with Crippen LogP contribution in [-0.2, 0) is 14.5 Å². The highest BCUT2D eigenvalue weighted by atomic mass is 19.4. The second-order valence-corrected chi connectivity index (χ2v) is 2.82. The Bertz CT molecular complexity index is 393. The van der Waals surface area contributed by atoms with Gasteiger partial charge in [0, 0.05) is 0 Å². The zero-order valence-corrected chi connectivity index (χ0v) is 8.76. The van der Waals surface area contributed by atoms with E-state index in [4.69, 9.17) is 0 Å². The first kappa shape index (κ1) is 19.8. The third-order valence-electron chi connectivity index (χ3n) is 1.18. The second kappa shape index (κ2) is 5.88. The lowest BCUT2D eigenvalue weighted by molar-refractivity contribution is -0.609. The van der Waals surface area contributed by atoms with Gasteiger partial charge < -0.3 is 0 Å². The molecule has 0 radical (unpaired) electrons. The van der Waals surface area contributed by atoms with Crippen LogP contribution in [0.2, 0.25) is 0 Å². The zero-order chi connectivity index (χ0) is 17.3. The van der Waals surface area contributed by atoms with E-state index in [9.17, 15) is 52.7 Å². The molecular weight excluding hydrogens is 348 g/mol. The van der Waals surface area contributed by atoms with Gasteiger partial charge in [0.25, 0.3) is 0 Å². The van der Waals surface area contributed by atoms with Crippen LogP contribution in [0.25, 0.3) is 0 Å². The molecule has 0 aliphatic rings. The van der Waals surface area contributed by atoms with E-state index in [-0.39, 0.29) is 0 Å². The maximum absolute atomic E-state index is 12.4. The van der Waals surface area contributed by atoms with Crippen molar-refractivity contribution in [1.29, 1.82) is 0 Å². The van der Waals surface area contributed by atoms with Crippen LogP contribution in [0.1, 0.15) is 0 Å². The molecule has 0 saturated carbocycles. The van der Waals surface area contributed by atoms with Crippen LogP contribution in [-0.4, -0.2) is 24.9 Å². The lowest BCUT2D eigenvalue weighted by Crippen LogP contribution is -2.38. The van der Waals surface area contributed by atoms with Crippen molar-refractivity contribution >= 4 is 0 Å². The first-order valence-corrected chi connectivity index (χ1v) is 4.00. The topological polar surface area (TPSA) is 27.7 Å². The molecule has 0 N–H and O–H groups in total. The Morgan fingerprint density at radius 1 is 0.619 bits per heavy atom. The summed E-state index contributed by atoms with van der Waals surface area (Å²) in [5.74, 6) is -8.30. The third kappa shape index (κ3) is 6.85. The summed E-state index contributed by atoms with van der Waals surface area (Å²) < 4.78 is 144. The van der Waals surface area contributed by atoms with Gasteiger partial charge in [-0.3, -0.25) is 0 Å². The maximum atomic E-state index is 12.4. The summed E-state index contributed by atoms with van der Waals surface area (Å²) in [7, 11) is 0. The summed E-state index contributed by atoms with van der Waals surface area (Å²) in [6, 6.07) is 0. The van der Waals surface area contributed by atoms with E-state index < -0.39 is 36.6 Å². The summed E-state index contributed by atoms with van der Waals surface area (Å²) in [6.07, 6.45) is -24.6. The van der Waals surface area contributed by atoms with Crippen molar-refractivity contribution in [2.45, 2.75) is 24.9 Å². The van der Waals surface area contributed by atoms with Gasteiger partial charge in [0.1, 0.15) is 0 Å². The van der Waals surface area contributed by atoms with Gasteiger partial charge in [-0.15, -0.1) is 31.7 Å². The SMILES string of the molecule is F/C(=C(/F)C(F)(F)OC(F)(F)OOC(F)(F)F)C(F)(F)F. The average molecular weight is 348 g/mol. The van der Waals surface area contributed by atoms with E-state index >= 15 is 0 Å². The molecule has 126 valence electrons. The van der Waals surface area contributed by atoms with Crippen LogP contribution in [0.4, 0.5) is 52.7 Å². The molecule has 0 fully saturated rings. The van der Waals surface area contributed by atoms with Crippen molar-refractivity contribution in [1.82, 2.24) is 0 Å². The number of ether oxygens (including phenoxy) is 1. The Labute approximate surface area is 105 Å². The molecule has 0 rings (SSSR count). The molecular formula is C6F12O3. The van der Waals surface area contributed by atoms with Crippen LogP contribution in [0.5, 0.6) is 0 Å². The van der Waals surface area contributed by atoms with Crippen molar-refractivity contribution in [2.24, 2.45) is 0 Å². The molecule has 0 aromatic rings. The number of hydrogen-bond donors (Lipinski definition) is 0. The van der Waals surface area contributed by atoms with Gasteiger partial charge in [-0.05, 0) is 0 Å². The Hall–Kier alpha value is -1.22.